The third-order valence-corrected chi connectivity index (χ3v) is 4.74. The van der Waals surface area contributed by atoms with Crippen molar-refractivity contribution >= 4 is 0 Å². The number of likely N-dealkylation sites (tertiary alicyclic amines) is 1. The highest BCUT2D eigenvalue weighted by atomic mass is 15.3. The summed E-state index contributed by atoms with van der Waals surface area (Å²) in [5.74, 6) is 5.89. The van der Waals surface area contributed by atoms with Gasteiger partial charge in [-0.2, -0.15) is 0 Å². The molecule has 1 fully saturated rings. The van der Waals surface area contributed by atoms with Crippen LogP contribution < -0.4 is 11.3 Å². The lowest BCUT2D eigenvalue weighted by Gasteiger charge is -2.43. The second-order valence-electron chi connectivity index (χ2n) is 6.33. The average molecular weight is 251 g/mol. The third-order valence-electron chi connectivity index (χ3n) is 4.74. The summed E-state index contributed by atoms with van der Waals surface area (Å²) in [6.07, 6.45) is 11.6. The van der Waals surface area contributed by atoms with E-state index >= 15 is 0 Å². The first-order valence-electron chi connectivity index (χ1n) is 7.56. The lowest BCUT2D eigenvalue weighted by atomic mass is 9.85. The summed E-state index contributed by atoms with van der Waals surface area (Å²) in [4.78, 5) is 2.60. The van der Waals surface area contributed by atoms with Crippen LogP contribution in [0.3, 0.4) is 0 Å². The van der Waals surface area contributed by atoms with E-state index < -0.39 is 0 Å². The minimum Gasteiger partial charge on any atom is -0.296 e. The van der Waals surface area contributed by atoms with Crippen LogP contribution in [-0.4, -0.2) is 29.6 Å². The van der Waals surface area contributed by atoms with E-state index in [0.717, 1.165) is 0 Å². The van der Waals surface area contributed by atoms with Crippen LogP contribution in [-0.2, 0) is 0 Å². The zero-order valence-electron chi connectivity index (χ0n) is 12.0. The topological polar surface area (TPSA) is 41.3 Å². The Morgan fingerprint density at radius 3 is 2.56 bits per heavy atom. The zero-order valence-corrected chi connectivity index (χ0v) is 12.0. The maximum Gasteiger partial charge on any atom is 0.0598 e. The van der Waals surface area contributed by atoms with Crippen LogP contribution in [0.4, 0.5) is 0 Å². The smallest absolute Gasteiger partial charge is 0.0598 e. The number of nitrogens with zero attached hydrogens (tertiary/aromatic N) is 1. The number of nitrogens with two attached hydrogens (primary N) is 1. The summed E-state index contributed by atoms with van der Waals surface area (Å²) >= 11 is 0. The highest BCUT2D eigenvalue weighted by molar-refractivity contribution is 5.19. The van der Waals surface area contributed by atoms with Crippen molar-refractivity contribution in [2.24, 2.45) is 5.84 Å². The van der Waals surface area contributed by atoms with Gasteiger partial charge in [-0.25, -0.2) is 0 Å². The van der Waals surface area contributed by atoms with E-state index in [9.17, 15) is 0 Å². The summed E-state index contributed by atoms with van der Waals surface area (Å²) in [5, 5.41) is 0. The van der Waals surface area contributed by atoms with Crippen molar-refractivity contribution in [3.63, 3.8) is 0 Å². The van der Waals surface area contributed by atoms with E-state index in [1.165, 1.54) is 63.6 Å². The number of allylic oxidation sites excluding steroid dienone is 1. The van der Waals surface area contributed by atoms with Crippen LogP contribution >= 0.6 is 0 Å². The quantitative estimate of drug-likeness (QED) is 0.458. The third kappa shape index (κ3) is 2.95. The minimum absolute atomic E-state index is 0.126. The SMILES string of the molecule is CC(C)(C(NN)C1=CCCCCC1)N1CCCC1. The predicted molar refractivity (Wildman–Crippen MR) is 77.2 cm³/mol. The Labute approximate surface area is 112 Å². The lowest BCUT2D eigenvalue weighted by molar-refractivity contribution is 0.119. The molecule has 1 saturated heterocycles. The first-order valence-corrected chi connectivity index (χ1v) is 7.56. The summed E-state index contributed by atoms with van der Waals surface area (Å²) in [6, 6.07) is 0.300. The van der Waals surface area contributed by atoms with Crippen molar-refractivity contribution in [3.05, 3.63) is 11.6 Å². The highest BCUT2D eigenvalue weighted by Gasteiger charge is 2.37. The molecule has 0 saturated carbocycles. The van der Waals surface area contributed by atoms with E-state index in [0.29, 0.717) is 6.04 Å². The van der Waals surface area contributed by atoms with Crippen molar-refractivity contribution in [3.8, 4) is 0 Å². The van der Waals surface area contributed by atoms with Crippen molar-refractivity contribution in [1.82, 2.24) is 10.3 Å². The van der Waals surface area contributed by atoms with Gasteiger partial charge in [0, 0.05) is 5.54 Å². The molecule has 1 unspecified atom stereocenters. The van der Waals surface area contributed by atoms with Gasteiger partial charge in [0.25, 0.3) is 0 Å². The molecular formula is C15H29N3. The maximum atomic E-state index is 5.89. The van der Waals surface area contributed by atoms with E-state index in [-0.39, 0.29) is 5.54 Å². The summed E-state index contributed by atoms with van der Waals surface area (Å²) in [7, 11) is 0. The van der Waals surface area contributed by atoms with Crippen LogP contribution in [0.2, 0.25) is 0 Å². The standard InChI is InChI=1S/C15H29N3/c1-15(2,18-11-7-8-12-18)14(17-16)13-9-5-3-4-6-10-13/h9,14,17H,3-8,10-12,16H2,1-2H3. The first kappa shape index (κ1) is 14.0. The monoisotopic (exact) mass is 251 g/mol. The van der Waals surface area contributed by atoms with Gasteiger partial charge in [0.05, 0.1) is 6.04 Å². The Bertz CT molecular complexity index is 290. The molecule has 104 valence electrons. The van der Waals surface area contributed by atoms with Crippen LogP contribution in [0.25, 0.3) is 0 Å². The van der Waals surface area contributed by atoms with Gasteiger partial charge in [-0.05, 0) is 65.5 Å². The van der Waals surface area contributed by atoms with Crippen LogP contribution in [0.1, 0.15) is 58.8 Å². The lowest BCUT2D eigenvalue weighted by Crippen LogP contribution is -2.59. The van der Waals surface area contributed by atoms with Crippen LogP contribution in [0.5, 0.6) is 0 Å². The molecule has 1 aliphatic carbocycles. The van der Waals surface area contributed by atoms with Crippen molar-refractivity contribution in [2.75, 3.05) is 13.1 Å². The summed E-state index contributed by atoms with van der Waals surface area (Å²) in [5.41, 5.74) is 4.77. The molecule has 1 heterocycles. The Kier molecular flexibility index (Phi) is 4.82. The van der Waals surface area contributed by atoms with E-state index in [2.05, 4.69) is 30.2 Å². The van der Waals surface area contributed by atoms with E-state index in [1.54, 1.807) is 0 Å². The number of hydrogen-bond donors (Lipinski definition) is 2. The molecule has 0 spiro atoms. The van der Waals surface area contributed by atoms with E-state index in [4.69, 9.17) is 5.84 Å². The molecule has 2 aliphatic rings. The zero-order chi connectivity index (χ0) is 13.0. The predicted octanol–water partition coefficient (Wildman–Crippen LogP) is 2.58. The molecule has 1 atom stereocenters. The van der Waals surface area contributed by atoms with Gasteiger partial charge in [0.1, 0.15) is 0 Å². The summed E-state index contributed by atoms with van der Waals surface area (Å²) in [6.45, 7) is 7.13. The van der Waals surface area contributed by atoms with Gasteiger partial charge in [-0.1, -0.05) is 18.1 Å². The molecule has 0 aromatic carbocycles. The molecule has 0 amide bonds. The second kappa shape index (κ2) is 6.18. The molecule has 0 aromatic heterocycles. The second-order valence-corrected chi connectivity index (χ2v) is 6.33. The van der Waals surface area contributed by atoms with E-state index in [1.807, 2.05) is 0 Å². The number of hydrazine groups is 1. The van der Waals surface area contributed by atoms with Gasteiger partial charge in [-0.15, -0.1) is 0 Å². The molecule has 0 aromatic rings. The summed E-state index contributed by atoms with van der Waals surface area (Å²) < 4.78 is 0. The Morgan fingerprint density at radius 1 is 1.17 bits per heavy atom. The molecule has 3 N–H and O–H groups in total. The number of nitrogens with one attached hydrogen (secondary N) is 1. The Balaban J connectivity index is 2.12. The van der Waals surface area contributed by atoms with Gasteiger partial charge in [-0.3, -0.25) is 16.2 Å². The molecule has 18 heavy (non-hydrogen) atoms. The Hall–Kier alpha value is -0.380. The van der Waals surface area contributed by atoms with Gasteiger partial charge in [0.2, 0.25) is 0 Å². The first-order chi connectivity index (χ1) is 8.66. The molecule has 0 radical (unpaired) electrons. The fourth-order valence-electron chi connectivity index (χ4n) is 3.54. The molecule has 1 aliphatic heterocycles. The maximum absolute atomic E-state index is 5.89. The minimum atomic E-state index is 0.126. The Morgan fingerprint density at radius 2 is 1.89 bits per heavy atom. The van der Waals surface area contributed by atoms with Crippen LogP contribution in [0.15, 0.2) is 11.6 Å². The fourth-order valence-corrected chi connectivity index (χ4v) is 3.54. The molecule has 0 bridgehead atoms. The molecule has 3 heteroatoms. The molecule has 2 rings (SSSR count). The molecular weight excluding hydrogens is 222 g/mol. The van der Waals surface area contributed by atoms with Crippen LogP contribution in [0, 0.1) is 0 Å². The number of rotatable bonds is 4. The molecule has 3 nitrogen and oxygen atoms in total. The van der Waals surface area contributed by atoms with Crippen molar-refractivity contribution in [1.29, 1.82) is 0 Å². The number of hydrogen-bond acceptors (Lipinski definition) is 3. The van der Waals surface area contributed by atoms with Gasteiger partial charge >= 0.3 is 0 Å². The highest BCUT2D eigenvalue weighted by Crippen LogP contribution is 2.31. The van der Waals surface area contributed by atoms with Gasteiger partial charge < -0.3 is 0 Å². The van der Waals surface area contributed by atoms with Crippen molar-refractivity contribution < 1.29 is 0 Å². The normalized spacial score (nSPS) is 24.7. The average Bonchev–Trinajstić information content (AvgIpc) is 2.77. The fraction of sp³-hybridized carbons (Fsp3) is 0.867. The van der Waals surface area contributed by atoms with Gasteiger partial charge in [0.15, 0.2) is 0 Å². The van der Waals surface area contributed by atoms with Crippen molar-refractivity contribution in [2.45, 2.75) is 70.4 Å². The largest absolute Gasteiger partial charge is 0.296 e.